The first kappa shape index (κ1) is 25.7. The highest BCUT2D eigenvalue weighted by molar-refractivity contribution is 5.79. The Morgan fingerprint density at radius 3 is 2.06 bits per heavy atom. The summed E-state index contributed by atoms with van der Waals surface area (Å²) < 4.78 is 5.48. The fourth-order valence-electron chi connectivity index (χ4n) is 4.81. The Labute approximate surface area is 199 Å². The molecule has 0 atom stereocenters. The van der Waals surface area contributed by atoms with E-state index >= 15 is 0 Å². The van der Waals surface area contributed by atoms with Crippen molar-refractivity contribution in [1.29, 1.82) is 0 Å². The van der Waals surface area contributed by atoms with Crippen LogP contribution in [0, 0.1) is 11.8 Å². The molecule has 0 aromatic heterocycles. The molecule has 1 saturated carbocycles. The first-order chi connectivity index (χ1) is 16.2. The molecule has 184 valence electrons. The van der Waals surface area contributed by atoms with Gasteiger partial charge < -0.3 is 25.2 Å². The van der Waals surface area contributed by atoms with Crippen molar-refractivity contribution in [2.24, 2.45) is 11.8 Å². The lowest BCUT2D eigenvalue weighted by atomic mass is 9.81. The van der Waals surface area contributed by atoms with E-state index in [0.717, 1.165) is 83.5 Å². The number of amides is 1. The first-order valence-electron chi connectivity index (χ1n) is 12.7. The molecule has 1 saturated heterocycles. The molecule has 1 amide bonds. The minimum atomic E-state index is -0.125. The van der Waals surface area contributed by atoms with Crippen LogP contribution in [-0.2, 0) is 20.9 Å². The van der Waals surface area contributed by atoms with Crippen molar-refractivity contribution < 1.29 is 14.3 Å². The second-order valence-electron chi connectivity index (χ2n) is 9.43. The van der Waals surface area contributed by atoms with Crippen LogP contribution in [0.15, 0.2) is 30.3 Å². The minimum absolute atomic E-state index is 0.0318. The normalized spacial score (nSPS) is 22.1. The van der Waals surface area contributed by atoms with Gasteiger partial charge in [0.2, 0.25) is 5.91 Å². The van der Waals surface area contributed by atoms with Gasteiger partial charge in [0.1, 0.15) is 6.61 Å². The second-order valence-corrected chi connectivity index (χ2v) is 9.43. The van der Waals surface area contributed by atoms with Crippen LogP contribution >= 0.6 is 0 Å². The Morgan fingerprint density at radius 2 is 1.45 bits per heavy atom. The maximum absolute atomic E-state index is 12.6. The summed E-state index contributed by atoms with van der Waals surface area (Å²) in [6.45, 7) is 8.91. The number of rotatable bonds is 12. The standard InChI is InChI=1S/C26H42N4O3/c1-27-13-5-15-29-17-19-30(20-18-29)16-6-14-28-25(31)23-9-11-24(12-10-23)26(32)33-21-22-7-3-2-4-8-22/h2-4,7-8,23-24,27H,5-6,9-21H2,1H3,(H,28,31). The predicted octanol–water partition coefficient (Wildman–Crippen LogP) is 2.27. The lowest BCUT2D eigenvalue weighted by Crippen LogP contribution is -2.47. The van der Waals surface area contributed by atoms with Gasteiger partial charge in [-0.15, -0.1) is 0 Å². The number of hydrogen-bond acceptors (Lipinski definition) is 6. The molecular formula is C26H42N4O3. The SMILES string of the molecule is CNCCCN1CCN(CCCNC(=O)C2CCC(C(=O)OCc3ccccc3)CC2)CC1. The molecule has 1 aliphatic carbocycles. The van der Waals surface area contributed by atoms with E-state index in [4.69, 9.17) is 4.74 Å². The van der Waals surface area contributed by atoms with Crippen LogP contribution in [0.5, 0.6) is 0 Å². The summed E-state index contributed by atoms with van der Waals surface area (Å²) in [5, 5.41) is 6.34. The van der Waals surface area contributed by atoms with Crippen molar-refractivity contribution in [2.45, 2.75) is 45.1 Å². The van der Waals surface area contributed by atoms with Crippen molar-refractivity contribution >= 4 is 11.9 Å². The van der Waals surface area contributed by atoms with E-state index in [1.807, 2.05) is 37.4 Å². The number of nitrogens with one attached hydrogen (secondary N) is 2. The Bertz CT molecular complexity index is 699. The molecule has 3 rings (SSSR count). The molecule has 7 heteroatoms. The minimum Gasteiger partial charge on any atom is -0.461 e. The number of nitrogens with zero attached hydrogens (tertiary/aromatic N) is 2. The van der Waals surface area contributed by atoms with Gasteiger partial charge in [0, 0.05) is 38.6 Å². The van der Waals surface area contributed by atoms with E-state index in [1.165, 1.54) is 13.0 Å². The Morgan fingerprint density at radius 1 is 0.879 bits per heavy atom. The maximum atomic E-state index is 12.6. The maximum Gasteiger partial charge on any atom is 0.309 e. The fraction of sp³-hybridized carbons (Fsp3) is 0.692. The molecule has 7 nitrogen and oxygen atoms in total. The highest BCUT2D eigenvalue weighted by Gasteiger charge is 2.30. The molecule has 2 fully saturated rings. The van der Waals surface area contributed by atoms with Gasteiger partial charge in [0.15, 0.2) is 0 Å². The van der Waals surface area contributed by atoms with Gasteiger partial charge in [-0.3, -0.25) is 9.59 Å². The average Bonchev–Trinajstić information content (AvgIpc) is 2.87. The van der Waals surface area contributed by atoms with Crippen LogP contribution in [0.1, 0.15) is 44.1 Å². The van der Waals surface area contributed by atoms with Crippen LogP contribution in [-0.4, -0.2) is 81.1 Å². The zero-order valence-corrected chi connectivity index (χ0v) is 20.3. The zero-order chi connectivity index (χ0) is 23.3. The molecule has 33 heavy (non-hydrogen) atoms. The molecule has 0 radical (unpaired) electrons. The number of carbonyl (C=O) groups excluding carboxylic acids is 2. The first-order valence-corrected chi connectivity index (χ1v) is 12.7. The van der Waals surface area contributed by atoms with E-state index < -0.39 is 0 Å². The zero-order valence-electron chi connectivity index (χ0n) is 20.3. The summed E-state index contributed by atoms with van der Waals surface area (Å²) in [7, 11) is 2.01. The summed E-state index contributed by atoms with van der Waals surface area (Å²) in [5.74, 6) is -0.0145. The Kier molecular flexibility index (Phi) is 11.1. The quantitative estimate of drug-likeness (QED) is 0.370. The molecule has 0 spiro atoms. The van der Waals surface area contributed by atoms with Gasteiger partial charge in [-0.2, -0.15) is 0 Å². The Balaban J connectivity index is 1.22. The van der Waals surface area contributed by atoms with Crippen LogP contribution in [0.25, 0.3) is 0 Å². The molecule has 1 aliphatic heterocycles. The third-order valence-corrected chi connectivity index (χ3v) is 6.97. The summed E-state index contributed by atoms with van der Waals surface area (Å²) in [6.07, 6.45) is 5.22. The number of piperazine rings is 1. The van der Waals surface area contributed by atoms with Crippen molar-refractivity contribution in [3.05, 3.63) is 35.9 Å². The number of ether oxygens (including phenoxy) is 1. The third kappa shape index (κ3) is 9.07. The molecule has 2 aliphatic rings. The van der Waals surface area contributed by atoms with Crippen molar-refractivity contribution in [1.82, 2.24) is 20.4 Å². The largest absolute Gasteiger partial charge is 0.461 e. The lowest BCUT2D eigenvalue weighted by Gasteiger charge is -2.34. The summed E-state index contributed by atoms with van der Waals surface area (Å²) in [5.41, 5.74) is 1.00. The summed E-state index contributed by atoms with van der Waals surface area (Å²) in [6, 6.07) is 9.76. The number of hydrogen-bond donors (Lipinski definition) is 2. The lowest BCUT2D eigenvalue weighted by molar-refractivity contribution is -0.152. The molecule has 1 aromatic rings. The van der Waals surface area contributed by atoms with Gasteiger partial charge in [0.05, 0.1) is 5.92 Å². The molecule has 1 aromatic carbocycles. The summed E-state index contributed by atoms with van der Waals surface area (Å²) >= 11 is 0. The van der Waals surface area contributed by atoms with Crippen molar-refractivity contribution in [2.75, 3.05) is 59.4 Å². The van der Waals surface area contributed by atoms with Crippen LogP contribution in [0.3, 0.4) is 0 Å². The van der Waals surface area contributed by atoms with Gasteiger partial charge >= 0.3 is 5.97 Å². The van der Waals surface area contributed by atoms with E-state index in [0.29, 0.717) is 6.61 Å². The fourth-order valence-corrected chi connectivity index (χ4v) is 4.81. The third-order valence-electron chi connectivity index (χ3n) is 6.97. The van der Waals surface area contributed by atoms with Crippen LogP contribution in [0.4, 0.5) is 0 Å². The van der Waals surface area contributed by atoms with Crippen LogP contribution in [0.2, 0.25) is 0 Å². The average molecular weight is 459 g/mol. The predicted molar refractivity (Wildman–Crippen MR) is 131 cm³/mol. The number of carbonyl (C=O) groups is 2. The van der Waals surface area contributed by atoms with Gasteiger partial charge in [0.25, 0.3) is 0 Å². The molecule has 0 unspecified atom stereocenters. The number of esters is 1. The summed E-state index contributed by atoms with van der Waals surface area (Å²) in [4.78, 5) is 30.0. The van der Waals surface area contributed by atoms with E-state index in [2.05, 4.69) is 20.4 Å². The smallest absolute Gasteiger partial charge is 0.309 e. The van der Waals surface area contributed by atoms with Gasteiger partial charge in [-0.1, -0.05) is 30.3 Å². The Hall–Kier alpha value is -1.96. The van der Waals surface area contributed by atoms with Gasteiger partial charge in [-0.25, -0.2) is 0 Å². The highest BCUT2D eigenvalue weighted by Crippen LogP contribution is 2.30. The van der Waals surface area contributed by atoms with Crippen LogP contribution < -0.4 is 10.6 Å². The topological polar surface area (TPSA) is 73.9 Å². The van der Waals surface area contributed by atoms with Crippen molar-refractivity contribution in [3.63, 3.8) is 0 Å². The molecular weight excluding hydrogens is 416 g/mol. The molecule has 1 heterocycles. The molecule has 2 N–H and O–H groups in total. The highest BCUT2D eigenvalue weighted by atomic mass is 16.5. The van der Waals surface area contributed by atoms with E-state index in [-0.39, 0.29) is 23.7 Å². The van der Waals surface area contributed by atoms with Gasteiger partial charge in [-0.05, 0) is 70.8 Å². The van der Waals surface area contributed by atoms with Crippen molar-refractivity contribution in [3.8, 4) is 0 Å². The number of benzene rings is 1. The van der Waals surface area contributed by atoms with E-state index in [1.54, 1.807) is 0 Å². The molecule has 0 bridgehead atoms. The monoisotopic (exact) mass is 458 g/mol. The van der Waals surface area contributed by atoms with E-state index in [9.17, 15) is 9.59 Å². The second kappa shape index (κ2) is 14.3.